The smallest absolute Gasteiger partial charge is 0.339 e. The van der Waals surface area contributed by atoms with Crippen molar-refractivity contribution in [3.05, 3.63) is 47.1 Å². The van der Waals surface area contributed by atoms with E-state index >= 15 is 0 Å². The number of hydrogen-bond donors (Lipinski definition) is 1. The second-order valence-electron chi connectivity index (χ2n) is 5.46. The first-order chi connectivity index (χ1) is 10.5. The molecule has 1 unspecified atom stereocenters. The highest BCUT2D eigenvalue weighted by atomic mass is 19.4. The van der Waals surface area contributed by atoms with Crippen LogP contribution in [0.3, 0.4) is 0 Å². The lowest BCUT2D eigenvalue weighted by Crippen LogP contribution is -2.28. The molecule has 1 aliphatic rings. The highest BCUT2D eigenvalue weighted by Crippen LogP contribution is 2.29. The second-order valence-corrected chi connectivity index (χ2v) is 5.46. The zero-order valence-electron chi connectivity index (χ0n) is 11.9. The molecule has 1 fully saturated rings. The first kappa shape index (κ1) is 15.0. The Morgan fingerprint density at radius 2 is 2.00 bits per heavy atom. The number of rotatable bonds is 3. The van der Waals surface area contributed by atoms with Crippen molar-refractivity contribution in [2.45, 2.75) is 31.4 Å². The van der Waals surface area contributed by atoms with Gasteiger partial charge in [0, 0.05) is 12.5 Å². The molecule has 0 aliphatic carbocycles. The van der Waals surface area contributed by atoms with Gasteiger partial charge in [0.25, 0.3) is 0 Å². The molecule has 1 saturated heterocycles. The van der Waals surface area contributed by atoms with E-state index in [1.807, 2.05) is 0 Å². The number of benzene rings is 1. The van der Waals surface area contributed by atoms with Crippen molar-refractivity contribution in [3.8, 4) is 0 Å². The lowest BCUT2D eigenvalue weighted by atomic mass is 9.99. The van der Waals surface area contributed by atoms with Crippen LogP contribution in [0.25, 0.3) is 0 Å². The minimum atomic E-state index is -4.32. The van der Waals surface area contributed by atoms with Gasteiger partial charge in [-0.25, -0.2) is 0 Å². The standard InChI is InChI=1S/C15H16F3N3O/c16-15(17,18)12-5-3-10(4-6-12)8-13-20-14(21-22-13)11-2-1-7-19-9-11/h3-6,11,19H,1-2,7-9H2. The summed E-state index contributed by atoms with van der Waals surface area (Å²) in [5.41, 5.74) is 0.0562. The van der Waals surface area contributed by atoms with Gasteiger partial charge < -0.3 is 9.84 Å². The minimum absolute atomic E-state index is 0.249. The Hall–Kier alpha value is -1.89. The van der Waals surface area contributed by atoms with Crippen LogP contribution in [-0.2, 0) is 12.6 Å². The quantitative estimate of drug-likeness (QED) is 0.946. The topological polar surface area (TPSA) is 51.0 Å². The molecule has 22 heavy (non-hydrogen) atoms. The Balaban J connectivity index is 1.67. The molecule has 2 heterocycles. The molecule has 0 radical (unpaired) electrons. The maximum Gasteiger partial charge on any atom is 0.416 e. The lowest BCUT2D eigenvalue weighted by molar-refractivity contribution is -0.137. The van der Waals surface area contributed by atoms with Crippen molar-refractivity contribution in [3.63, 3.8) is 0 Å². The van der Waals surface area contributed by atoms with Crippen LogP contribution in [0.4, 0.5) is 13.2 Å². The molecule has 4 nitrogen and oxygen atoms in total. The van der Waals surface area contributed by atoms with E-state index in [2.05, 4.69) is 15.5 Å². The summed E-state index contributed by atoms with van der Waals surface area (Å²) in [6.07, 6.45) is -1.88. The van der Waals surface area contributed by atoms with E-state index in [9.17, 15) is 13.2 Å². The van der Waals surface area contributed by atoms with Crippen LogP contribution in [0.5, 0.6) is 0 Å². The molecule has 7 heteroatoms. The first-order valence-electron chi connectivity index (χ1n) is 7.22. The fourth-order valence-electron chi connectivity index (χ4n) is 2.56. The third-order valence-corrected chi connectivity index (χ3v) is 3.78. The van der Waals surface area contributed by atoms with E-state index in [0.717, 1.165) is 38.1 Å². The summed E-state index contributed by atoms with van der Waals surface area (Å²) >= 11 is 0. The molecular formula is C15H16F3N3O. The Morgan fingerprint density at radius 3 is 2.64 bits per heavy atom. The molecule has 118 valence electrons. The molecule has 1 atom stereocenters. The van der Waals surface area contributed by atoms with Crippen LogP contribution < -0.4 is 5.32 Å². The van der Waals surface area contributed by atoms with E-state index in [-0.39, 0.29) is 5.92 Å². The van der Waals surface area contributed by atoms with Crippen molar-refractivity contribution in [2.75, 3.05) is 13.1 Å². The molecule has 1 aliphatic heterocycles. The SMILES string of the molecule is FC(F)(F)c1ccc(Cc2nc(C3CCCNC3)no2)cc1. The first-order valence-corrected chi connectivity index (χ1v) is 7.22. The monoisotopic (exact) mass is 311 g/mol. The fourth-order valence-corrected chi connectivity index (χ4v) is 2.56. The van der Waals surface area contributed by atoms with Crippen molar-refractivity contribution >= 4 is 0 Å². The molecule has 3 rings (SSSR count). The van der Waals surface area contributed by atoms with Gasteiger partial charge in [-0.1, -0.05) is 17.3 Å². The summed E-state index contributed by atoms with van der Waals surface area (Å²) < 4.78 is 42.7. The third kappa shape index (κ3) is 3.47. The predicted molar refractivity (Wildman–Crippen MR) is 73.4 cm³/mol. The lowest BCUT2D eigenvalue weighted by Gasteiger charge is -2.19. The summed E-state index contributed by atoms with van der Waals surface area (Å²) in [5, 5.41) is 7.27. The minimum Gasteiger partial charge on any atom is -0.339 e. The maximum absolute atomic E-state index is 12.5. The van der Waals surface area contributed by atoms with Gasteiger partial charge in [0.1, 0.15) is 0 Å². The fraction of sp³-hybridized carbons (Fsp3) is 0.467. The molecule has 0 amide bonds. The van der Waals surface area contributed by atoms with E-state index in [4.69, 9.17) is 4.52 Å². The van der Waals surface area contributed by atoms with Gasteiger partial charge in [-0.15, -0.1) is 0 Å². The van der Waals surface area contributed by atoms with E-state index in [1.54, 1.807) is 0 Å². The van der Waals surface area contributed by atoms with Gasteiger partial charge in [-0.2, -0.15) is 18.2 Å². The zero-order chi connectivity index (χ0) is 15.6. The van der Waals surface area contributed by atoms with Crippen LogP contribution in [0.2, 0.25) is 0 Å². The molecule has 1 aromatic carbocycles. The molecule has 1 aromatic heterocycles. The predicted octanol–water partition coefficient (Wildman–Crippen LogP) is 3.15. The molecule has 2 aromatic rings. The van der Waals surface area contributed by atoms with Crippen molar-refractivity contribution in [1.29, 1.82) is 0 Å². The largest absolute Gasteiger partial charge is 0.416 e. The Kier molecular flexibility index (Phi) is 4.15. The van der Waals surface area contributed by atoms with Crippen molar-refractivity contribution in [1.82, 2.24) is 15.5 Å². The van der Waals surface area contributed by atoms with Crippen LogP contribution in [0, 0.1) is 0 Å². The maximum atomic E-state index is 12.5. The summed E-state index contributed by atoms with van der Waals surface area (Å²) in [5.74, 6) is 1.35. The normalized spacial score (nSPS) is 19.3. The number of nitrogens with zero attached hydrogens (tertiary/aromatic N) is 2. The summed E-state index contributed by atoms with van der Waals surface area (Å²) in [6, 6.07) is 5.01. The Bertz CT molecular complexity index is 616. The molecule has 1 N–H and O–H groups in total. The van der Waals surface area contributed by atoms with Crippen molar-refractivity contribution in [2.24, 2.45) is 0 Å². The number of alkyl halides is 3. The van der Waals surface area contributed by atoms with Crippen LogP contribution >= 0.6 is 0 Å². The van der Waals surface area contributed by atoms with E-state index < -0.39 is 11.7 Å². The van der Waals surface area contributed by atoms with Crippen LogP contribution in [0.1, 0.15) is 41.6 Å². The molecule has 0 bridgehead atoms. The van der Waals surface area contributed by atoms with E-state index in [1.165, 1.54) is 12.1 Å². The highest BCUT2D eigenvalue weighted by Gasteiger charge is 2.30. The van der Waals surface area contributed by atoms with Gasteiger partial charge in [-0.3, -0.25) is 0 Å². The second kappa shape index (κ2) is 6.08. The summed E-state index contributed by atoms with van der Waals surface area (Å²) in [6.45, 7) is 1.84. The van der Waals surface area contributed by atoms with Gasteiger partial charge in [-0.05, 0) is 37.1 Å². The van der Waals surface area contributed by atoms with Gasteiger partial charge in [0.2, 0.25) is 5.89 Å². The summed E-state index contributed by atoms with van der Waals surface area (Å²) in [7, 11) is 0. The zero-order valence-corrected chi connectivity index (χ0v) is 11.9. The Morgan fingerprint density at radius 1 is 1.23 bits per heavy atom. The highest BCUT2D eigenvalue weighted by molar-refractivity contribution is 5.26. The molecule has 0 saturated carbocycles. The Labute approximate surface area is 125 Å². The summed E-state index contributed by atoms with van der Waals surface area (Å²) in [4.78, 5) is 4.36. The number of hydrogen-bond acceptors (Lipinski definition) is 4. The van der Waals surface area contributed by atoms with Crippen LogP contribution in [0.15, 0.2) is 28.8 Å². The van der Waals surface area contributed by atoms with E-state index in [0.29, 0.717) is 23.7 Å². The number of aromatic nitrogens is 2. The van der Waals surface area contributed by atoms with Gasteiger partial charge in [0.05, 0.1) is 12.0 Å². The number of halogens is 3. The van der Waals surface area contributed by atoms with Gasteiger partial charge >= 0.3 is 6.18 Å². The number of piperidine rings is 1. The van der Waals surface area contributed by atoms with Crippen molar-refractivity contribution < 1.29 is 17.7 Å². The number of nitrogens with one attached hydrogen (secondary N) is 1. The average Bonchev–Trinajstić information content (AvgIpc) is 2.96. The third-order valence-electron chi connectivity index (χ3n) is 3.78. The molecule has 0 spiro atoms. The van der Waals surface area contributed by atoms with Crippen LogP contribution in [-0.4, -0.2) is 23.2 Å². The average molecular weight is 311 g/mol. The van der Waals surface area contributed by atoms with Gasteiger partial charge in [0.15, 0.2) is 5.82 Å². The molecular weight excluding hydrogens is 295 g/mol.